The Balaban J connectivity index is 1.22. The van der Waals surface area contributed by atoms with Crippen molar-refractivity contribution in [1.82, 2.24) is 14.8 Å². The minimum Gasteiger partial charge on any atom is -0.492 e. The zero-order valence-corrected chi connectivity index (χ0v) is 19.0. The second kappa shape index (κ2) is 9.69. The van der Waals surface area contributed by atoms with E-state index in [9.17, 15) is 9.59 Å². The number of ether oxygens (including phenoxy) is 1. The number of carbonyl (C=O) groups excluding carboxylic acids is 2. The maximum Gasteiger partial charge on any atom is 0.257 e. The van der Waals surface area contributed by atoms with Crippen molar-refractivity contribution in [2.24, 2.45) is 5.92 Å². The van der Waals surface area contributed by atoms with Crippen molar-refractivity contribution in [3.05, 3.63) is 65.9 Å². The lowest BCUT2D eigenvalue weighted by Gasteiger charge is -2.33. The molecular formula is C27H31N3O3. The molecule has 2 amide bonds. The molecule has 2 fully saturated rings. The monoisotopic (exact) mass is 445 g/mol. The molecule has 2 saturated heterocycles. The van der Waals surface area contributed by atoms with Gasteiger partial charge in [-0.2, -0.15) is 0 Å². The van der Waals surface area contributed by atoms with E-state index < -0.39 is 0 Å². The summed E-state index contributed by atoms with van der Waals surface area (Å²) in [6.07, 6.45) is 7.19. The topological polar surface area (TPSA) is 65.6 Å². The van der Waals surface area contributed by atoms with Crippen molar-refractivity contribution in [3.8, 4) is 5.75 Å². The van der Waals surface area contributed by atoms with E-state index in [1.165, 1.54) is 6.42 Å². The number of hydrogen-bond donors (Lipinski definition) is 1. The second-order valence-corrected chi connectivity index (χ2v) is 9.20. The van der Waals surface area contributed by atoms with Crippen LogP contribution in [0.15, 0.2) is 54.7 Å². The van der Waals surface area contributed by atoms with Gasteiger partial charge in [-0.05, 0) is 68.5 Å². The second-order valence-electron chi connectivity index (χ2n) is 9.20. The van der Waals surface area contributed by atoms with Gasteiger partial charge in [0.15, 0.2) is 0 Å². The minimum absolute atomic E-state index is 0.0610. The Morgan fingerprint density at radius 3 is 2.61 bits per heavy atom. The molecule has 0 saturated carbocycles. The Bertz CT molecular complexity index is 1130. The molecule has 6 nitrogen and oxygen atoms in total. The maximum absolute atomic E-state index is 13.1. The first kappa shape index (κ1) is 21.6. The van der Waals surface area contributed by atoms with Gasteiger partial charge >= 0.3 is 0 Å². The van der Waals surface area contributed by atoms with Crippen LogP contribution in [0.25, 0.3) is 10.9 Å². The average Bonchev–Trinajstić information content (AvgIpc) is 3.35. The Morgan fingerprint density at radius 1 is 0.909 bits per heavy atom. The van der Waals surface area contributed by atoms with E-state index in [0.717, 1.165) is 61.8 Å². The SMILES string of the molecule is O=C(c1ccc2[nH]ccc2c1)N1CCCC(COc2ccccc2C(=O)N2CCCCC2)C1. The van der Waals surface area contributed by atoms with E-state index in [1.54, 1.807) is 0 Å². The van der Waals surface area contributed by atoms with Crippen LogP contribution in [0.5, 0.6) is 5.75 Å². The third-order valence-electron chi connectivity index (χ3n) is 6.84. The third-order valence-corrected chi connectivity index (χ3v) is 6.84. The molecular weight excluding hydrogens is 414 g/mol. The lowest BCUT2D eigenvalue weighted by Crippen LogP contribution is -2.41. The summed E-state index contributed by atoms with van der Waals surface area (Å²) >= 11 is 0. The first-order chi connectivity index (χ1) is 16.2. The molecule has 0 aliphatic carbocycles. The summed E-state index contributed by atoms with van der Waals surface area (Å²) < 4.78 is 6.18. The first-order valence-electron chi connectivity index (χ1n) is 12.1. The van der Waals surface area contributed by atoms with E-state index in [2.05, 4.69) is 4.98 Å². The molecule has 3 heterocycles. The number of amides is 2. The molecule has 3 aromatic rings. The van der Waals surface area contributed by atoms with Gasteiger partial charge in [0.05, 0.1) is 12.2 Å². The van der Waals surface area contributed by atoms with Crippen LogP contribution in [0.4, 0.5) is 0 Å². The van der Waals surface area contributed by atoms with E-state index in [-0.39, 0.29) is 17.7 Å². The highest BCUT2D eigenvalue weighted by atomic mass is 16.5. The van der Waals surface area contributed by atoms with Gasteiger partial charge in [-0.1, -0.05) is 12.1 Å². The van der Waals surface area contributed by atoms with Crippen LogP contribution < -0.4 is 4.74 Å². The number of aromatic amines is 1. The van der Waals surface area contributed by atoms with Crippen molar-refractivity contribution >= 4 is 22.7 Å². The van der Waals surface area contributed by atoms with E-state index in [0.29, 0.717) is 24.5 Å². The van der Waals surface area contributed by atoms with Crippen LogP contribution in [0.1, 0.15) is 52.8 Å². The molecule has 0 bridgehead atoms. The third kappa shape index (κ3) is 4.75. The highest BCUT2D eigenvalue weighted by Crippen LogP contribution is 2.25. The molecule has 2 aromatic carbocycles. The molecule has 172 valence electrons. The number of likely N-dealkylation sites (tertiary alicyclic amines) is 2. The Morgan fingerprint density at radius 2 is 1.73 bits per heavy atom. The molecule has 1 unspecified atom stereocenters. The first-order valence-corrected chi connectivity index (χ1v) is 12.1. The quantitative estimate of drug-likeness (QED) is 0.618. The van der Waals surface area contributed by atoms with Gasteiger partial charge in [-0.3, -0.25) is 9.59 Å². The fraction of sp³-hybridized carbons (Fsp3) is 0.407. The smallest absolute Gasteiger partial charge is 0.257 e. The van der Waals surface area contributed by atoms with Crippen molar-refractivity contribution < 1.29 is 14.3 Å². The lowest BCUT2D eigenvalue weighted by atomic mass is 9.98. The number of benzene rings is 2. The van der Waals surface area contributed by atoms with Gasteiger partial charge in [0, 0.05) is 54.8 Å². The van der Waals surface area contributed by atoms with Crippen LogP contribution in [0.2, 0.25) is 0 Å². The van der Waals surface area contributed by atoms with Crippen LogP contribution in [-0.2, 0) is 0 Å². The minimum atomic E-state index is 0.0610. The molecule has 1 atom stereocenters. The largest absolute Gasteiger partial charge is 0.492 e. The highest BCUT2D eigenvalue weighted by Gasteiger charge is 2.26. The van der Waals surface area contributed by atoms with Gasteiger partial charge in [-0.15, -0.1) is 0 Å². The summed E-state index contributed by atoms with van der Waals surface area (Å²) in [5.74, 6) is 1.03. The number of para-hydroxylation sites is 1. The van der Waals surface area contributed by atoms with Crippen LogP contribution in [0, 0.1) is 5.92 Å². The van der Waals surface area contributed by atoms with Gasteiger partial charge in [0.25, 0.3) is 11.8 Å². The predicted molar refractivity (Wildman–Crippen MR) is 129 cm³/mol. The van der Waals surface area contributed by atoms with Crippen molar-refractivity contribution in [3.63, 3.8) is 0 Å². The number of nitrogens with one attached hydrogen (secondary N) is 1. The molecule has 2 aliphatic heterocycles. The highest BCUT2D eigenvalue weighted by molar-refractivity contribution is 5.98. The van der Waals surface area contributed by atoms with Crippen molar-refractivity contribution in [2.75, 3.05) is 32.8 Å². The number of hydrogen-bond acceptors (Lipinski definition) is 3. The number of aromatic nitrogens is 1. The predicted octanol–water partition coefficient (Wildman–Crippen LogP) is 4.73. The molecule has 5 rings (SSSR count). The van der Waals surface area contributed by atoms with E-state index in [4.69, 9.17) is 4.74 Å². The Hall–Kier alpha value is -3.28. The Kier molecular flexibility index (Phi) is 6.33. The summed E-state index contributed by atoms with van der Waals surface area (Å²) in [6.45, 7) is 3.59. The number of rotatable bonds is 5. The number of carbonyl (C=O) groups is 2. The maximum atomic E-state index is 13.1. The fourth-order valence-corrected chi connectivity index (χ4v) is 5.00. The van der Waals surface area contributed by atoms with E-state index >= 15 is 0 Å². The summed E-state index contributed by atoms with van der Waals surface area (Å²) in [7, 11) is 0. The average molecular weight is 446 g/mol. The summed E-state index contributed by atoms with van der Waals surface area (Å²) in [5.41, 5.74) is 2.40. The summed E-state index contributed by atoms with van der Waals surface area (Å²) in [4.78, 5) is 33.2. The van der Waals surface area contributed by atoms with E-state index in [1.807, 2.05) is 64.5 Å². The lowest BCUT2D eigenvalue weighted by molar-refractivity contribution is 0.0631. The Labute approximate surface area is 194 Å². The summed E-state index contributed by atoms with van der Waals surface area (Å²) in [6, 6.07) is 15.4. The zero-order chi connectivity index (χ0) is 22.6. The standard InChI is InChI=1S/C27H31N3O3/c31-26(22-10-11-24-21(17-22)12-13-28-24)30-16-6-7-20(18-30)19-33-25-9-3-2-8-23(25)27(32)29-14-4-1-5-15-29/h2-3,8-13,17,20,28H,1,4-7,14-16,18-19H2. The molecule has 6 heteroatoms. The van der Waals surface area contributed by atoms with Gasteiger partial charge in [-0.25, -0.2) is 0 Å². The number of nitrogens with zero attached hydrogens (tertiary/aromatic N) is 2. The number of piperidine rings is 2. The molecule has 2 aliphatic rings. The summed E-state index contributed by atoms with van der Waals surface area (Å²) in [5, 5.41) is 1.05. The van der Waals surface area contributed by atoms with Gasteiger partial charge < -0.3 is 19.5 Å². The molecule has 0 spiro atoms. The normalized spacial score (nSPS) is 19.0. The molecule has 0 radical (unpaired) electrons. The number of H-pyrrole nitrogens is 1. The fourth-order valence-electron chi connectivity index (χ4n) is 5.00. The molecule has 1 aromatic heterocycles. The van der Waals surface area contributed by atoms with Gasteiger partial charge in [0.1, 0.15) is 5.75 Å². The van der Waals surface area contributed by atoms with Gasteiger partial charge in [0.2, 0.25) is 0 Å². The number of fused-ring (bicyclic) bond motifs is 1. The van der Waals surface area contributed by atoms with Crippen molar-refractivity contribution in [2.45, 2.75) is 32.1 Å². The van der Waals surface area contributed by atoms with Crippen LogP contribution in [0.3, 0.4) is 0 Å². The van der Waals surface area contributed by atoms with Crippen LogP contribution >= 0.6 is 0 Å². The van der Waals surface area contributed by atoms with Crippen molar-refractivity contribution in [1.29, 1.82) is 0 Å². The van der Waals surface area contributed by atoms with Crippen LogP contribution in [-0.4, -0.2) is 59.4 Å². The molecule has 33 heavy (non-hydrogen) atoms. The molecule has 1 N–H and O–H groups in total. The zero-order valence-electron chi connectivity index (χ0n) is 19.0.